The Balaban J connectivity index is 2.13. The van der Waals surface area contributed by atoms with E-state index < -0.39 is 0 Å². The van der Waals surface area contributed by atoms with Crippen molar-refractivity contribution in [3.8, 4) is 0 Å². The molecule has 1 aliphatic rings. The van der Waals surface area contributed by atoms with Gasteiger partial charge in [0.05, 0.1) is 0 Å². The maximum absolute atomic E-state index is 5.67. The van der Waals surface area contributed by atoms with E-state index in [2.05, 4.69) is 41.9 Å². The van der Waals surface area contributed by atoms with Crippen LogP contribution >= 0.6 is 0 Å². The maximum atomic E-state index is 5.67. The van der Waals surface area contributed by atoms with Crippen LogP contribution in [-0.4, -0.2) is 43.1 Å². The average molecular weight is 234 g/mol. The first-order valence-electron chi connectivity index (χ1n) is 6.18. The van der Waals surface area contributed by atoms with Crippen molar-refractivity contribution in [2.75, 3.05) is 32.1 Å². The summed E-state index contributed by atoms with van der Waals surface area (Å²) in [5.74, 6) is 1.73. The number of nitrogens with two attached hydrogens (primary N) is 1. The second-order valence-electron chi connectivity index (χ2n) is 5.14. The van der Waals surface area contributed by atoms with Gasteiger partial charge in [-0.2, -0.15) is 0 Å². The number of pyridine rings is 1. The van der Waals surface area contributed by atoms with Gasteiger partial charge < -0.3 is 15.5 Å². The van der Waals surface area contributed by atoms with E-state index in [1.807, 2.05) is 12.3 Å². The first-order valence-corrected chi connectivity index (χ1v) is 6.18. The Labute approximate surface area is 103 Å². The third-order valence-electron chi connectivity index (χ3n) is 3.61. The van der Waals surface area contributed by atoms with Gasteiger partial charge in [0.1, 0.15) is 5.82 Å². The van der Waals surface area contributed by atoms with E-state index in [-0.39, 0.29) is 0 Å². The fraction of sp³-hybridized carbons (Fsp3) is 0.615. The van der Waals surface area contributed by atoms with Crippen molar-refractivity contribution in [3.63, 3.8) is 0 Å². The molecule has 0 aromatic carbocycles. The van der Waals surface area contributed by atoms with Gasteiger partial charge in [-0.25, -0.2) is 4.98 Å². The Morgan fingerprint density at radius 1 is 1.47 bits per heavy atom. The highest BCUT2D eigenvalue weighted by Crippen LogP contribution is 2.24. The quantitative estimate of drug-likeness (QED) is 0.845. The Morgan fingerprint density at radius 3 is 2.82 bits per heavy atom. The zero-order valence-corrected chi connectivity index (χ0v) is 10.9. The molecule has 1 aromatic heterocycles. The molecule has 17 heavy (non-hydrogen) atoms. The summed E-state index contributed by atoms with van der Waals surface area (Å²) in [7, 11) is 4.29. The molecule has 0 aliphatic carbocycles. The van der Waals surface area contributed by atoms with Gasteiger partial charge in [0.25, 0.3) is 0 Å². The van der Waals surface area contributed by atoms with Crippen molar-refractivity contribution in [2.24, 2.45) is 11.7 Å². The normalized spacial score (nSPS) is 24.6. The van der Waals surface area contributed by atoms with Crippen LogP contribution in [0.3, 0.4) is 0 Å². The van der Waals surface area contributed by atoms with Gasteiger partial charge in [-0.1, -0.05) is 6.92 Å². The minimum Gasteiger partial charge on any atom is -0.355 e. The fourth-order valence-corrected chi connectivity index (χ4v) is 2.57. The number of nitrogens with zero attached hydrogens (tertiary/aromatic N) is 3. The van der Waals surface area contributed by atoms with Crippen molar-refractivity contribution in [1.29, 1.82) is 0 Å². The van der Waals surface area contributed by atoms with Gasteiger partial charge in [-0.3, -0.25) is 0 Å². The number of anilines is 1. The Hall–Kier alpha value is -1.13. The molecule has 0 saturated carbocycles. The molecule has 0 radical (unpaired) electrons. The Kier molecular flexibility index (Phi) is 3.64. The molecule has 0 amide bonds. The molecule has 0 bridgehead atoms. The summed E-state index contributed by atoms with van der Waals surface area (Å²) >= 11 is 0. The molecule has 2 heterocycles. The van der Waals surface area contributed by atoms with Crippen LogP contribution < -0.4 is 10.6 Å². The first-order chi connectivity index (χ1) is 8.11. The van der Waals surface area contributed by atoms with E-state index >= 15 is 0 Å². The molecule has 2 rings (SSSR count). The van der Waals surface area contributed by atoms with Gasteiger partial charge in [0.15, 0.2) is 0 Å². The van der Waals surface area contributed by atoms with Gasteiger partial charge in [-0.05, 0) is 37.7 Å². The lowest BCUT2D eigenvalue weighted by atomic mass is 10.1. The summed E-state index contributed by atoms with van der Waals surface area (Å²) in [5, 5.41) is 0. The van der Waals surface area contributed by atoms with Gasteiger partial charge in [0.2, 0.25) is 0 Å². The summed E-state index contributed by atoms with van der Waals surface area (Å²) < 4.78 is 0. The van der Waals surface area contributed by atoms with Crippen LogP contribution in [0.15, 0.2) is 18.3 Å². The molecule has 2 unspecified atom stereocenters. The minimum atomic E-state index is 0.579. The molecule has 94 valence electrons. The van der Waals surface area contributed by atoms with E-state index in [0.717, 1.165) is 24.5 Å². The number of hydrogen-bond acceptors (Lipinski definition) is 4. The standard InChI is InChI=1S/C13H22N4/c1-10-8-17(9-12(10)16(2)3)13-6-11(7-14)4-5-15-13/h4-6,10,12H,7-9,14H2,1-3H3. The van der Waals surface area contributed by atoms with Crippen molar-refractivity contribution >= 4 is 5.82 Å². The van der Waals surface area contributed by atoms with Gasteiger partial charge >= 0.3 is 0 Å². The Bertz CT molecular complexity index is 377. The minimum absolute atomic E-state index is 0.579. The topological polar surface area (TPSA) is 45.4 Å². The van der Waals surface area contributed by atoms with E-state index in [4.69, 9.17) is 5.73 Å². The summed E-state index contributed by atoms with van der Waals surface area (Å²) in [6.07, 6.45) is 1.85. The van der Waals surface area contributed by atoms with Crippen LogP contribution in [0.25, 0.3) is 0 Å². The third-order valence-corrected chi connectivity index (χ3v) is 3.61. The van der Waals surface area contributed by atoms with Crippen molar-refractivity contribution in [1.82, 2.24) is 9.88 Å². The van der Waals surface area contributed by atoms with Crippen molar-refractivity contribution in [3.05, 3.63) is 23.9 Å². The van der Waals surface area contributed by atoms with E-state index in [1.165, 1.54) is 0 Å². The molecule has 4 heteroatoms. The fourth-order valence-electron chi connectivity index (χ4n) is 2.57. The molecule has 1 aromatic rings. The van der Waals surface area contributed by atoms with Crippen LogP contribution in [0.1, 0.15) is 12.5 Å². The summed E-state index contributed by atoms with van der Waals surface area (Å²) in [4.78, 5) is 9.11. The molecule has 1 fully saturated rings. The largest absolute Gasteiger partial charge is 0.355 e. The summed E-state index contributed by atoms with van der Waals surface area (Å²) in [6, 6.07) is 4.69. The van der Waals surface area contributed by atoms with Crippen LogP contribution in [0.4, 0.5) is 5.82 Å². The molecule has 1 aliphatic heterocycles. The van der Waals surface area contributed by atoms with Crippen molar-refractivity contribution in [2.45, 2.75) is 19.5 Å². The number of aromatic nitrogens is 1. The monoisotopic (exact) mass is 234 g/mol. The van der Waals surface area contributed by atoms with Crippen LogP contribution in [0.5, 0.6) is 0 Å². The highest BCUT2D eigenvalue weighted by Gasteiger charge is 2.31. The molecule has 0 spiro atoms. The lowest BCUT2D eigenvalue weighted by Gasteiger charge is -2.22. The zero-order chi connectivity index (χ0) is 12.4. The smallest absolute Gasteiger partial charge is 0.128 e. The van der Waals surface area contributed by atoms with E-state index in [9.17, 15) is 0 Å². The van der Waals surface area contributed by atoms with E-state index in [0.29, 0.717) is 18.5 Å². The van der Waals surface area contributed by atoms with Crippen LogP contribution in [-0.2, 0) is 6.54 Å². The zero-order valence-electron chi connectivity index (χ0n) is 10.9. The van der Waals surface area contributed by atoms with Crippen LogP contribution in [0.2, 0.25) is 0 Å². The summed E-state index contributed by atoms with van der Waals surface area (Å²) in [6.45, 7) is 5.01. The molecular formula is C13H22N4. The van der Waals surface area contributed by atoms with E-state index in [1.54, 1.807) is 0 Å². The lowest BCUT2D eigenvalue weighted by molar-refractivity contribution is 0.266. The highest BCUT2D eigenvalue weighted by molar-refractivity contribution is 5.42. The Morgan fingerprint density at radius 2 is 2.24 bits per heavy atom. The maximum Gasteiger partial charge on any atom is 0.128 e. The lowest BCUT2D eigenvalue weighted by Crippen LogP contribution is -2.34. The second kappa shape index (κ2) is 5.02. The number of likely N-dealkylation sites (N-methyl/N-ethyl adjacent to an activating group) is 1. The first kappa shape index (κ1) is 12.3. The van der Waals surface area contributed by atoms with Crippen LogP contribution in [0, 0.1) is 5.92 Å². The average Bonchev–Trinajstić information content (AvgIpc) is 2.71. The third kappa shape index (κ3) is 2.58. The van der Waals surface area contributed by atoms with Crippen molar-refractivity contribution < 1.29 is 0 Å². The summed E-state index contributed by atoms with van der Waals surface area (Å²) in [5.41, 5.74) is 6.81. The number of hydrogen-bond donors (Lipinski definition) is 1. The molecule has 2 N–H and O–H groups in total. The number of rotatable bonds is 3. The predicted octanol–water partition coefficient (Wildman–Crippen LogP) is 0.927. The molecular weight excluding hydrogens is 212 g/mol. The molecule has 2 atom stereocenters. The molecule has 4 nitrogen and oxygen atoms in total. The predicted molar refractivity (Wildman–Crippen MR) is 71.0 cm³/mol. The SMILES string of the molecule is CC1CN(c2cc(CN)ccn2)CC1N(C)C. The highest BCUT2D eigenvalue weighted by atomic mass is 15.3. The second-order valence-corrected chi connectivity index (χ2v) is 5.14. The van der Waals surface area contributed by atoms with Gasteiger partial charge in [0, 0.05) is 31.9 Å². The molecule has 1 saturated heterocycles. The van der Waals surface area contributed by atoms with Gasteiger partial charge in [-0.15, -0.1) is 0 Å².